The topological polar surface area (TPSA) is 60.3 Å². The van der Waals surface area contributed by atoms with E-state index in [0.29, 0.717) is 26.0 Å². The van der Waals surface area contributed by atoms with Crippen LogP contribution in [-0.4, -0.2) is 51.4 Å². The van der Waals surface area contributed by atoms with Gasteiger partial charge in [0, 0.05) is 32.5 Å². The van der Waals surface area contributed by atoms with Crippen molar-refractivity contribution in [3.63, 3.8) is 0 Å². The van der Waals surface area contributed by atoms with Crippen LogP contribution in [0.5, 0.6) is 0 Å². The van der Waals surface area contributed by atoms with Gasteiger partial charge < -0.3 is 14.2 Å². The van der Waals surface area contributed by atoms with Gasteiger partial charge in [-0.3, -0.25) is 4.79 Å². The molecule has 6 nitrogen and oxygen atoms in total. The molecule has 0 radical (unpaired) electrons. The molecule has 0 N–H and O–H groups in total. The van der Waals surface area contributed by atoms with E-state index in [1.54, 1.807) is 12.0 Å². The van der Waals surface area contributed by atoms with E-state index in [1.807, 2.05) is 4.57 Å². The van der Waals surface area contributed by atoms with Crippen molar-refractivity contribution in [3.8, 4) is 0 Å². The molecule has 1 saturated heterocycles. The molecule has 3 heterocycles. The molecule has 0 aliphatic carbocycles. The Labute approximate surface area is 149 Å². The van der Waals surface area contributed by atoms with Gasteiger partial charge in [0.05, 0.1) is 18.2 Å². The van der Waals surface area contributed by atoms with Gasteiger partial charge in [0.1, 0.15) is 23.3 Å². The quantitative estimate of drug-likeness (QED) is 0.834. The summed E-state index contributed by atoms with van der Waals surface area (Å²) in [5.74, 6) is -0.0951. The molecule has 138 valence electrons. The van der Waals surface area contributed by atoms with E-state index in [0.717, 1.165) is 42.7 Å². The third-order valence-corrected chi connectivity index (χ3v) is 5.26. The molecule has 2 atom stereocenters. The summed E-state index contributed by atoms with van der Waals surface area (Å²) in [5.41, 5.74) is -0.209. The van der Waals surface area contributed by atoms with Crippen molar-refractivity contribution >= 4 is 5.91 Å². The molecule has 0 spiro atoms. The minimum Gasteiger partial charge on any atom is -0.384 e. The van der Waals surface area contributed by atoms with Crippen molar-refractivity contribution in [2.45, 2.75) is 44.3 Å². The van der Waals surface area contributed by atoms with Crippen molar-refractivity contribution < 1.29 is 18.3 Å². The van der Waals surface area contributed by atoms with Crippen LogP contribution in [0, 0.1) is 11.6 Å². The molecule has 2 unspecified atom stereocenters. The summed E-state index contributed by atoms with van der Waals surface area (Å²) < 4.78 is 34.8. The van der Waals surface area contributed by atoms with Crippen LogP contribution in [-0.2, 0) is 24.1 Å². The summed E-state index contributed by atoms with van der Waals surface area (Å²) in [4.78, 5) is 14.7. The van der Waals surface area contributed by atoms with Gasteiger partial charge in [-0.15, -0.1) is 10.2 Å². The fraction of sp³-hybridized carbons (Fsp3) is 0.500. The van der Waals surface area contributed by atoms with E-state index in [2.05, 4.69) is 10.2 Å². The number of nitrogens with zero attached hydrogens (tertiary/aromatic N) is 4. The number of aromatic nitrogens is 3. The minimum absolute atomic E-state index is 0.0732. The molecule has 1 aromatic carbocycles. The van der Waals surface area contributed by atoms with Gasteiger partial charge in [-0.2, -0.15) is 0 Å². The first-order chi connectivity index (χ1) is 12.6. The van der Waals surface area contributed by atoms with Gasteiger partial charge >= 0.3 is 0 Å². The average Bonchev–Trinajstić information content (AvgIpc) is 3.14. The monoisotopic (exact) mass is 362 g/mol. The SMILES string of the molecule is COCCc1nnc2n1CC1CCC(C2)N1C(=O)c1cc(F)ccc1F. The summed E-state index contributed by atoms with van der Waals surface area (Å²) in [6.07, 6.45) is 2.87. The first kappa shape index (κ1) is 17.1. The van der Waals surface area contributed by atoms with Crippen LogP contribution in [0.3, 0.4) is 0 Å². The Morgan fingerprint density at radius 1 is 1.27 bits per heavy atom. The maximum Gasteiger partial charge on any atom is 0.257 e. The smallest absolute Gasteiger partial charge is 0.257 e. The van der Waals surface area contributed by atoms with Gasteiger partial charge in [-0.25, -0.2) is 8.78 Å². The number of methoxy groups -OCH3 is 1. The summed E-state index contributed by atoms with van der Waals surface area (Å²) in [7, 11) is 1.63. The number of hydrogen-bond acceptors (Lipinski definition) is 4. The molecular formula is C18H20F2N4O2. The lowest BCUT2D eigenvalue weighted by Gasteiger charge is -2.28. The van der Waals surface area contributed by atoms with E-state index in [4.69, 9.17) is 4.74 Å². The fourth-order valence-electron chi connectivity index (χ4n) is 4.01. The van der Waals surface area contributed by atoms with E-state index in [1.165, 1.54) is 0 Å². The van der Waals surface area contributed by atoms with Crippen LogP contribution in [0.4, 0.5) is 8.78 Å². The van der Waals surface area contributed by atoms with Crippen LogP contribution in [0.15, 0.2) is 18.2 Å². The Morgan fingerprint density at radius 2 is 2.08 bits per heavy atom. The number of carbonyl (C=O) groups is 1. The number of amides is 1. The average molecular weight is 362 g/mol. The molecule has 1 fully saturated rings. The van der Waals surface area contributed by atoms with Crippen molar-refractivity contribution in [2.75, 3.05) is 13.7 Å². The zero-order chi connectivity index (χ0) is 18.3. The second-order valence-corrected chi connectivity index (χ2v) is 6.81. The maximum absolute atomic E-state index is 14.1. The molecule has 1 amide bonds. The van der Waals surface area contributed by atoms with Crippen LogP contribution >= 0.6 is 0 Å². The van der Waals surface area contributed by atoms with Crippen molar-refractivity contribution in [1.29, 1.82) is 0 Å². The lowest BCUT2D eigenvalue weighted by molar-refractivity contribution is 0.0659. The van der Waals surface area contributed by atoms with Crippen molar-refractivity contribution in [1.82, 2.24) is 19.7 Å². The summed E-state index contributed by atoms with van der Waals surface area (Å²) in [5, 5.41) is 8.52. The third-order valence-electron chi connectivity index (χ3n) is 5.26. The molecule has 2 aliphatic heterocycles. The highest BCUT2D eigenvalue weighted by molar-refractivity contribution is 5.95. The largest absolute Gasteiger partial charge is 0.384 e. The molecular weight excluding hydrogens is 342 g/mol. The lowest BCUT2D eigenvalue weighted by atomic mass is 10.1. The summed E-state index contributed by atoms with van der Waals surface area (Å²) >= 11 is 0. The third kappa shape index (κ3) is 2.88. The number of fused-ring (bicyclic) bond motifs is 3. The highest BCUT2D eigenvalue weighted by atomic mass is 19.1. The Hall–Kier alpha value is -2.35. The van der Waals surface area contributed by atoms with Crippen LogP contribution in [0.25, 0.3) is 0 Å². The van der Waals surface area contributed by atoms with Gasteiger partial charge in [0.2, 0.25) is 0 Å². The first-order valence-electron chi connectivity index (χ1n) is 8.76. The van der Waals surface area contributed by atoms with E-state index >= 15 is 0 Å². The number of rotatable bonds is 4. The predicted octanol–water partition coefficient (Wildman–Crippen LogP) is 1.97. The predicted molar refractivity (Wildman–Crippen MR) is 88.6 cm³/mol. The van der Waals surface area contributed by atoms with E-state index in [9.17, 15) is 13.6 Å². The number of ether oxygens (including phenoxy) is 1. The molecule has 2 aromatic rings. The summed E-state index contributed by atoms with van der Waals surface area (Å²) in [6.45, 7) is 1.12. The van der Waals surface area contributed by atoms with Crippen molar-refractivity contribution in [2.24, 2.45) is 0 Å². The highest BCUT2D eigenvalue weighted by Gasteiger charge is 2.42. The Balaban J connectivity index is 1.63. The normalized spacial score (nSPS) is 21.6. The Kier molecular flexibility index (Phi) is 4.44. The van der Waals surface area contributed by atoms with Gasteiger partial charge in [-0.1, -0.05) is 0 Å². The van der Waals surface area contributed by atoms with Crippen LogP contribution in [0.1, 0.15) is 34.8 Å². The second kappa shape index (κ2) is 6.75. The Morgan fingerprint density at radius 3 is 2.88 bits per heavy atom. The van der Waals surface area contributed by atoms with Gasteiger partial charge in [0.15, 0.2) is 0 Å². The fourth-order valence-corrected chi connectivity index (χ4v) is 4.01. The van der Waals surface area contributed by atoms with Crippen LogP contribution < -0.4 is 0 Å². The van der Waals surface area contributed by atoms with Crippen LogP contribution in [0.2, 0.25) is 0 Å². The zero-order valence-corrected chi connectivity index (χ0v) is 14.5. The first-order valence-corrected chi connectivity index (χ1v) is 8.76. The lowest BCUT2D eigenvalue weighted by Crippen LogP contribution is -2.42. The number of carbonyl (C=O) groups excluding carboxylic acids is 1. The highest BCUT2D eigenvalue weighted by Crippen LogP contribution is 2.33. The number of hydrogen-bond donors (Lipinski definition) is 0. The maximum atomic E-state index is 14.1. The zero-order valence-electron chi connectivity index (χ0n) is 14.5. The van der Waals surface area contributed by atoms with Crippen molar-refractivity contribution in [3.05, 3.63) is 47.0 Å². The molecule has 2 bridgehead atoms. The Bertz CT molecular complexity index is 839. The number of halogens is 2. The van der Waals surface area contributed by atoms with E-state index < -0.39 is 17.5 Å². The molecule has 8 heteroatoms. The molecule has 0 saturated carbocycles. The standard InChI is InChI=1S/C18H20F2N4O2/c1-26-7-6-16-21-22-17-9-12-3-4-13(10-23(16)17)24(12)18(25)14-8-11(19)2-5-15(14)20/h2,5,8,12-13H,3-4,6-7,9-10H2,1H3. The summed E-state index contributed by atoms with van der Waals surface area (Å²) in [6, 6.07) is 2.85. The second-order valence-electron chi connectivity index (χ2n) is 6.81. The van der Waals surface area contributed by atoms with Gasteiger partial charge in [-0.05, 0) is 31.0 Å². The van der Waals surface area contributed by atoms with E-state index in [-0.39, 0.29) is 17.6 Å². The molecule has 26 heavy (non-hydrogen) atoms. The minimum atomic E-state index is -0.694. The molecule has 4 rings (SSSR count). The molecule has 2 aliphatic rings. The van der Waals surface area contributed by atoms with Gasteiger partial charge in [0.25, 0.3) is 5.91 Å². The molecule has 1 aromatic heterocycles. The number of benzene rings is 1.